The SMILES string of the molecule is Cc1cc(CN(CCc2ccccc2)CC2CCN(C)CC2)cc(C)c1O. The van der Waals surface area contributed by atoms with Crippen molar-refractivity contribution < 1.29 is 5.11 Å². The molecule has 1 N–H and O–H groups in total. The Balaban J connectivity index is 1.68. The van der Waals surface area contributed by atoms with Crippen LogP contribution >= 0.6 is 0 Å². The van der Waals surface area contributed by atoms with Crippen molar-refractivity contribution in [1.29, 1.82) is 0 Å². The molecule has 3 heteroatoms. The molecule has 0 spiro atoms. The van der Waals surface area contributed by atoms with E-state index in [0.29, 0.717) is 5.75 Å². The van der Waals surface area contributed by atoms with E-state index in [1.165, 1.54) is 43.6 Å². The standard InChI is InChI=1S/C24H34N2O/c1-19-15-23(16-20(2)24(19)27)18-26(14-11-21-7-5-4-6-8-21)17-22-9-12-25(3)13-10-22/h4-8,15-16,22,27H,9-14,17-18H2,1-3H3. The van der Waals surface area contributed by atoms with Gasteiger partial charge in [-0.1, -0.05) is 42.5 Å². The number of benzene rings is 2. The van der Waals surface area contributed by atoms with Gasteiger partial charge in [-0.05, 0) is 81.4 Å². The molecule has 0 radical (unpaired) electrons. The van der Waals surface area contributed by atoms with Crippen molar-refractivity contribution in [3.8, 4) is 5.75 Å². The first-order chi connectivity index (χ1) is 13.0. The molecule has 0 aromatic heterocycles. The molecule has 2 aromatic rings. The molecule has 1 fully saturated rings. The van der Waals surface area contributed by atoms with Gasteiger partial charge in [0.1, 0.15) is 5.75 Å². The Morgan fingerprint density at radius 1 is 1.00 bits per heavy atom. The van der Waals surface area contributed by atoms with Crippen LogP contribution in [0.3, 0.4) is 0 Å². The molecular formula is C24H34N2O. The molecule has 0 aliphatic carbocycles. The Kier molecular flexibility index (Phi) is 6.92. The number of phenols is 1. The van der Waals surface area contributed by atoms with Crippen molar-refractivity contribution in [2.75, 3.05) is 33.2 Å². The number of aryl methyl sites for hydroxylation is 2. The van der Waals surface area contributed by atoms with Crippen molar-refractivity contribution >= 4 is 0 Å². The molecule has 27 heavy (non-hydrogen) atoms. The largest absolute Gasteiger partial charge is 0.507 e. The van der Waals surface area contributed by atoms with Gasteiger partial charge >= 0.3 is 0 Å². The third kappa shape index (κ3) is 5.82. The van der Waals surface area contributed by atoms with Gasteiger partial charge in [-0.3, -0.25) is 4.90 Å². The summed E-state index contributed by atoms with van der Waals surface area (Å²) in [4.78, 5) is 5.06. The predicted molar refractivity (Wildman–Crippen MR) is 113 cm³/mol. The van der Waals surface area contributed by atoms with Gasteiger partial charge in [0.2, 0.25) is 0 Å². The zero-order valence-corrected chi connectivity index (χ0v) is 17.1. The van der Waals surface area contributed by atoms with Gasteiger partial charge in [0.15, 0.2) is 0 Å². The summed E-state index contributed by atoms with van der Waals surface area (Å²) in [6.07, 6.45) is 3.68. The molecule has 0 unspecified atom stereocenters. The van der Waals surface area contributed by atoms with Crippen LogP contribution in [0.1, 0.15) is 35.1 Å². The van der Waals surface area contributed by atoms with Gasteiger partial charge in [0, 0.05) is 19.6 Å². The first-order valence-electron chi connectivity index (χ1n) is 10.2. The smallest absolute Gasteiger partial charge is 0.121 e. The number of hydrogen-bond donors (Lipinski definition) is 1. The van der Waals surface area contributed by atoms with Gasteiger partial charge in [-0.15, -0.1) is 0 Å². The van der Waals surface area contributed by atoms with Crippen molar-refractivity contribution in [3.63, 3.8) is 0 Å². The van der Waals surface area contributed by atoms with Crippen LogP contribution in [0.15, 0.2) is 42.5 Å². The van der Waals surface area contributed by atoms with Gasteiger partial charge in [0.05, 0.1) is 0 Å². The van der Waals surface area contributed by atoms with E-state index in [1.807, 2.05) is 13.8 Å². The number of rotatable bonds is 7. The summed E-state index contributed by atoms with van der Waals surface area (Å²) in [6.45, 7) is 9.63. The number of phenolic OH excluding ortho intramolecular Hbond substituents is 1. The highest BCUT2D eigenvalue weighted by Crippen LogP contribution is 2.25. The van der Waals surface area contributed by atoms with E-state index in [4.69, 9.17) is 0 Å². The summed E-state index contributed by atoms with van der Waals surface area (Å²) in [6, 6.07) is 15.1. The normalized spacial score (nSPS) is 16.1. The van der Waals surface area contributed by atoms with Crippen LogP contribution < -0.4 is 0 Å². The quantitative estimate of drug-likeness (QED) is 0.787. The van der Waals surface area contributed by atoms with Crippen LogP contribution in [-0.2, 0) is 13.0 Å². The van der Waals surface area contributed by atoms with Crippen LogP contribution in [0.2, 0.25) is 0 Å². The van der Waals surface area contributed by atoms with E-state index >= 15 is 0 Å². The molecule has 0 atom stereocenters. The van der Waals surface area contributed by atoms with Gasteiger partial charge < -0.3 is 10.0 Å². The second-order valence-corrected chi connectivity index (χ2v) is 8.30. The minimum Gasteiger partial charge on any atom is -0.507 e. The Morgan fingerprint density at radius 3 is 2.26 bits per heavy atom. The van der Waals surface area contributed by atoms with Crippen LogP contribution in [0.4, 0.5) is 0 Å². The summed E-state index contributed by atoms with van der Waals surface area (Å²) < 4.78 is 0. The Hall–Kier alpha value is -1.84. The highest BCUT2D eigenvalue weighted by molar-refractivity contribution is 5.42. The van der Waals surface area contributed by atoms with Gasteiger partial charge in [-0.25, -0.2) is 0 Å². The second kappa shape index (κ2) is 9.38. The van der Waals surface area contributed by atoms with E-state index in [2.05, 4.69) is 59.3 Å². The van der Waals surface area contributed by atoms with Crippen molar-refractivity contribution in [3.05, 3.63) is 64.7 Å². The highest BCUT2D eigenvalue weighted by Gasteiger charge is 2.20. The molecule has 146 valence electrons. The molecular weight excluding hydrogens is 332 g/mol. The predicted octanol–water partition coefficient (Wildman–Crippen LogP) is 4.40. The first kappa shape index (κ1) is 19.9. The lowest BCUT2D eigenvalue weighted by Crippen LogP contribution is -2.37. The van der Waals surface area contributed by atoms with Crippen LogP contribution in [0.25, 0.3) is 0 Å². The van der Waals surface area contributed by atoms with Crippen molar-refractivity contribution in [1.82, 2.24) is 9.80 Å². The van der Waals surface area contributed by atoms with E-state index < -0.39 is 0 Å². The average molecular weight is 367 g/mol. The second-order valence-electron chi connectivity index (χ2n) is 8.30. The third-order valence-corrected chi connectivity index (χ3v) is 5.87. The fourth-order valence-corrected chi connectivity index (χ4v) is 4.17. The minimum absolute atomic E-state index is 0.435. The first-order valence-corrected chi connectivity index (χ1v) is 10.2. The number of likely N-dealkylation sites (tertiary alicyclic amines) is 1. The molecule has 3 nitrogen and oxygen atoms in total. The summed E-state index contributed by atoms with van der Waals surface area (Å²) in [5.41, 5.74) is 4.67. The monoisotopic (exact) mass is 366 g/mol. The molecule has 0 bridgehead atoms. The molecule has 1 aliphatic heterocycles. The zero-order chi connectivity index (χ0) is 19.2. The van der Waals surface area contributed by atoms with Gasteiger partial charge in [-0.2, -0.15) is 0 Å². The topological polar surface area (TPSA) is 26.7 Å². The molecule has 3 rings (SSSR count). The van der Waals surface area contributed by atoms with Gasteiger partial charge in [0.25, 0.3) is 0 Å². The third-order valence-electron chi connectivity index (χ3n) is 5.87. The molecule has 0 saturated carbocycles. The zero-order valence-electron chi connectivity index (χ0n) is 17.1. The fourth-order valence-electron chi connectivity index (χ4n) is 4.17. The fraction of sp³-hybridized carbons (Fsp3) is 0.500. The van der Waals surface area contributed by atoms with Crippen LogP contribution in [-0.4, -0.2) is 48.1 Å². The van der Waals surface area contributed by atoms with E-state index in [-0.39, 0.29) is 0 Å². The lowest BCUT2D eigenvalue weighted by atomic mass is 9.96. The maximum absolute atomic E-state index is 10.1. The minimum atomic E-state index is 0.435. The molecule has 1 saturated heterocycles. The summed E-state index contributed by atoms with van der Waals surface area (Å²) in [5, 5.41) is 10.1. The van der Waals surface area contributed by atoms with Crippen molar-refractivity contribution in [2.45, 2.75) is 39.7 Å². The Bertz CT molecular complexity index is 697. The summed E-state index contributed by atoms with van der Waals surface area (Å²) in [5.74, 6) is 1.22. The van der Waals surface area contributed by atoms with Crippen LogP contribution in [0, 0.1) is 19.8 Å². The van der Waals surface area contributed by atoms with E-state index in [1.54, 1.807) is 0 Å². The summed E-state index contributed by atoms with van der Waals surface area (Å²) >= 11 is 0. The van der Waals surface area contributed by atoms with Crippen LogP contribution in [0.5, 0.6) is 5.75 Å². The lowest BCUT2D eigenvalue weighted by molar-refractivity contribution is 0.157. The number of hydrogen-bond acceptors (Lipinski definition) is 3. The Labute approximate surface area is 164 Å². The Morgan fingerprint density at radius 2 is 1.63 bits per heavy atom. The maximum atomic E-state index is 10.1. The molecule has 0 amide bonds. The number of nitrogens with zero attached hydrogens (tertiary/aromatic N) is 2. The molecule has 1 heterocycles. The van der Waals surface area contributed by atoms with Crippen molar-refractivity contribution in [2.24, 2.45) is 5.92 Å². The van der Waals surface area contributed by atoms with E-state index in [9.17, 15) is 5.11 Å². The number of aromatic hydroxyl groups is 1. The summed E-state index contributed by atoms with van der Waals surface area (Å²) in [7, 11) is 2.23. The lowest BCUT2D eigenvalue weighted by Gasteiger charge is -2.33. The highest BCUT2D eigenvalue weighted by atomic mass is 16.3. The average Bonchev–Trinajstić information content (AvgIpc) is 2.67. The molecule has 2 aromatic carbocycles. The van der Waals surface area contributed by atoms with E-state index in [0.717, 1.165) is 36.6 Å². The maximum Gasteiger partial charge on any atom is 0.121 e. The molecule has 1 aliphatic rings. The number of piperidine rings is 1.